The van der Waals surface area contributed by atoms with E-state index in [-0.39, 0.29) is 11.7 Å². The van der Waals surface area contributed by atoms with Crippen molar-refractivity contribution in [1.82, 2.24) is 14.8 Å². The molecule has 0 fully saturated rings. The molecule has 0 radical (unpaired) electrons. The van der Waals surface area contributed by atoms with Gasteiger partial charge in [0.25, 0.3) is 0 Å². The van der Waals surface area contributed by atoms with Gasteiger partial charge in [-0.05, 0) is 12.0 Å². The van der Waals surface area contributed by atoms with E-state index in [9.17, 15) is 4.79 Å². The lowest BCUT2D eigenvalue weighted by Crippen LogP contribution is -2.06. The Hall–Kier alpha value is -1.60. The lowest BCUT2D eigenvalue weighted by Gasteiger charge is -2.06. The first-order chi connectivity index (χ1) is 10.6. The van der Waals surface area contributed by atoms with E-state index >= 15 is 0 Å². The molecule has 0 aliphatic carbocycles. The van der Waals surface area contributed by atoms with Gasteiger partial charge in [-0.25, -0.2) is 0 Å². The number of ether oxygens (including phenoxy) is 1. The van der Waals surface area contributed by atoms with Gasteiger partial charge in [0, 0.05) is 22.4 Å². The van der Waals surface area contributed by atoms with Crippen LogP contribution in [-0.2, 0) is 16.1 Å². The molecule has 0 amide bonds. The van der Waals surface area contributed by atoms with Crippen LogP contribution in [0.15, 0.2) is 29.3 Å². The number of allylic oxidation sites excluding steroid dienone is 1. The highest BCUT2D eigenvalue weighted by molar-refractivity contribution is 7.99. The number of rotatable bonds is 7. The first kappa shape index (κ1) is 16.8. The molecule has 2 aromatic rings. The maximum absolute atomic E-state index is 11.3. The zero-order valence-corrected chi connectivity index (χ0v) is 14.5. The molecule has 0 aliphatic rings. The number of nitrogens with zero attached hydrogens (tertiary/aromatic N) is 3. The van der Waals surface area contributed by atoms with Gasteiger partial charge in [-0.3, -0.25) is 9.36 Å². The third kappa shape index (κ3) is 3.78. The van der Waals surface area contributed by atoms with Crippen LogP contribution in [0.25, 0.3) is 11.4 Å². The van der Waals surface area contributed by atoms with E-state index in [2.05, 4.69) is 46.8 Å². The zero-order chi connectivity index (χ0) is 16.1. The normalized spacial score (nSPS) is 10.9. The molecule has 0 unspecified atom stereocenters. The molecule has 0 saturated heterocycles. The standard InChI is InChI=1S/C15H19N3O2S2/c1-5-6-18-14(11-7-12(10(2)3)21-8-11)16-17-15(18)22-9-13(19)20-4/h5,7-8,10H,1,6,9H2,2-4H3. The molecular formula is C15H19N3O2S2. The second kappa shape index (κ2) is 7.60. The van der Waals surface area contributed by atoms with E-state index in [1.165, 1.54) is 23.7 Å². The minimum absolute atomic E-state index is 0.215. The molecule has 5 nitrogen and oxygen atoms in total. The van der Waals surface area contributed by atoms with Crippen molar-refractivity contribution in [3.8, 4) is 11.4 Å². The molecule has 22 heavy (non-hydrogen) atoms. The maximum atomic E-state index is 11.3. The van der Waals surface area contributed by atoms with Crippen molar-refractivity contribution in [2.45, 2.75) is 31.5 Å². The molecule has 7 heteroatoms. The molecule has 0 N–H and O–H groups in total. The molecule has 0 spiro atoms. The number of methoxy groups -OCH3 is 1. The molecule has 0 bridgehead atoms. The summed E-state index contributed by atoms with van der Waals surface area (Å²) in [6.07, 6.45) is 1.80. The summed E-state index contributed by atoms with van der Waals surface area (Å²) in [7, 11) is 1.38. The Balaban J connectivity index is 2.28. The Morgan fingerprint density at radius 2 is 2.32 bits per heavy atom. The second-order valence-corrected chi connectivity index (χ2v) is 6.85. The van der Waals surface area contributed by atoms with E-state index in [1.807, 2.05) is 4.57 Å². The van der Waals surface area contributed by atoms with Crippen molar-refractivity contribution in [2.75, 3.05) is 12.9 Å². The number of esters is 1. The van der Waals surface area contributed by atoms with Gasteiger partial charge in [0.1, 0.15) is 0 Å². The van der Waals surface area contributed by atoms with Crippen molar-refractivity contribution in [1.29, 1.82) is 0 Å². The Bertz CT molecular complexity index is 662. The largest absolute Gasteiger partial charge is 0.468 e. The first-order valence-electron chi connectivity index (χ1n) is 6.89. The number of thiophene rings is 1. The summed E-state index contributed by atoms with van der Waals surface area (Å²) in [5, 5.41) is 11.3. The second-order valence-electron chi connectivity index (χ2n) is 4.96. The fraction of sp³-hybridized carbons (Fsp3) is 0.400. The fourth-order valence-corrected chi connectivity index (χ4v) is 3.54. The van der Waals surface area contributed by atoms with Crippen molar-refractivity contribution in [3.05, 3.63) is 29.0 Å². The van der Waals surface area contributed by atoms with Gasteiger partial charge in [0.2, 0.25) is 0 Å². The van der Waals surface area contributed by atoms with Gasteiger partial charge in [0.15, 0.2) is 11.0 Å². The van der Waals surface area contributed by atoms with Crippen molar-refractivity contribution in [3.63, 3.8) is 0 Å². The van der Waals surface area contributed by atoms with Crippen molar-refractivity contribution < 1.29 is 9.53 Å². The Morgan fingerprint density at radius 3 is 2.91 bits per heavy atom. The topological polar surface area (TPSA) is 57.0 Å². The predicted octanol–water partition coefficient (Wildman–Crippen LogP) is 3.58. The average Bonchev–Trinajstić information content (AvgIpc) is 3.12. The summed E-state index contributed by atoms with van der Waals surface area (Å²) in [6.45, 7) is 8.71. The monoisotopic (exact) mass is 337 g/mol. The van der Waals surface area contributed by atoms with Crippen LogP contribution >= 0.6 is 23.1 Å². The molecule has 0 saturated carbocycles. The number of thioether (sulfide) groups is 1. The molecular weight excluding hydrogens is 318 g/mol. The van der Waals surface area contributed by atoms with Crippen LogP contribution in [0, 0.1) is 0 Å². The molecule has 2 rings (SSSR count). The Labute approximate surface area is 138 Å². The third-order valence-corrected chi connectivity index (χ3v) is 5.20. The number of hydrogen-bond acceptors (Lipinski definition) is 6. The highest BCUT2D eigenvalue weighted by Gasteiger charge is 2.16. The minimum Gasteiger partial charge on any atom is -0.468 e. The smallest absolute Gasteiger partial charge is 0.316 e. The average molecular weight is 337 g/mol. The number of carbonyl (C=O) groups is 1. The SMILES string of the molecule is C=CCn1c(SCC(=O)OC)nnc1-c1csc(C(C)C)c1. The van der Waals surface area contributed by atoms with E-state index in [0.717, 1.165) is 11.4 Å². The summed E-state index contributed by atoms with van der Waals surface area (Å²) in [4.78, 5) is 12.6. The number of aromatic nitrogens is 3. The molecule has 2 heterocycles. The molecule has 118 valence electrons. The molecule has 0 atom stereocenters. The lowest BCUT2D eigenvalue weighted by atomic mass is 10.1. The van der Waals surface area contributed by atoms with Crippen molar-refractivity contribution >= 4 is 29.1 Å². The van der Waals surface area contributed by atoms with Crippen LogP contribution < -0.4 is 0 Å². The van der Waals surface area contributed by atoms with Crippen molar-refractivity contribution in [2.24, 2.45) is 0 Å². The molecule has 2 aromatic heterocycles. The Kier molecular flexibility index (Phi) is 5.79. The molecule has 0 aliphatic heterocycles. The van der Waals surface area contributed by atoms with E-state index in [1.54, 1.807) is 17.4 Å². The van der Waals surface area contributed by atoms with Crippen LogP contribution in [0.1, 0.15) is 24.6 Å². The lowest BCUT2D eigenvalue weighted by molar-refractivity contribution is -0.137. The molecule has 0 aromatic carbocycles. The summed E-state index contributed by atoms with van der Waals surface area (Å²) in [6, 6.07) is 2.15. The summed E-state index contributed by atoms with van der Waals surface area (Å²) >= 11 is 3.04. The van der Waals surface area contributed by atoms with Gasteiger partial charge in [0.05, 0.1) is 12.9 Å². The highest BCUT2D eigenvalue weighted by Crippen LogP contribution is 2.31. The predicted molar refractivity (Wildman–Crippen MR) is 90.4 cm³/mol. The van der Waals surface area contributed by atoms with Gasteiger partial charge in [-0.15, -0.1) is 28.1 Å². The summed E-state index contributed by atoms with van der Waals surface area (Å²) in [5.41, 5.74) is 1.05. The zero-order valence-electron chi connectivity index (χ0n) is 12.9. The van der Waals surface area contributed by atoms with Crippen LogP contribution in [0.4, 0.5) is 0 Å². The summed E-state index contributed by atoms with van der Waals surface area (Å²) < 4.78 is 6.62. The van der Waals surface area contributed by atoms with E-state index in [0.29, 0.717) is 17.6 Å². The van der Waals surface area contributed by atoms with Gasteiger partial charge < -0.3 is 4.74 Å². The minimum atomic E-state index is -0.280. The quantitative estimate of drug-likeness (QED) is 0.439. The third-order valence-electron chi connectivity index (χ3n) is 3.02. The summed E-state index contributed by atoms with van der Waals surface area (Å²) in [5.74, 6) is 1.22. The van der Waals surface area contributed by atoms with Crippen LogP contribution in [0.3, 0.4) is 0 Å². The van der Waals surface area contributed by atoms with Gasteiger partial charge in [-0.1, -0.05) is 31.7 Å². The van der Waals surface area contributed by atoms with E-state index in [4.69, 9.17) is 0 Å². The number of carbonyl (C=O) groups excluding carboxylic acids is 1. The maximum Gasteiger partial charge on any atom is 0.316 e. The van der Waals surface area contributed by atoms with Crippen LogP contribution in [-0.4, -0.2) is 33.6 Å². The van der Waals surface area contributed by atoms with Gasteiger partial charge in [-0.2, -0.15) is 0 Å². The van der Waals surface area contributed by atoms with Gasteiger partial charge >= 0.3 is 5.97 Å². The number of hydrogen-bond donors (Lipinski definition) is 0. The van der Waals surface area contributed by atoms with E-state index < -0.39 is 0 Å². The van der Waals surface area contributed by atoms with Crippen LogP contribution in [0.5, 0.6) is 0 Å². The highest BCUT2D eigenvalue weighted by atomic mass is 32.2. The van der Waals surface area contributed by atoms with Crippen LogP contribution in [0.2, 0.25) is 0 Å². The first-order valence-corrected chi connectivity index (χ1v) is 8.75. The fourth-order valence-electron chi connectivity index (χ4n) is 1.86. The Morgan fingerprint density at radius 1 is 1.55 bits per heavy atom.